The molecule has 0 spiro atoms. The normalized spacial score (nSPS) is 11.8. The third-order valence-corrected chi connectivity index (χ3v) is 3.22. The van der Waals surface area contributed by atoms with Crippen LogP contribution in [0.4, 0.5) is 0 Å². The summed E-state index contributed by atoms with van der Waals surface area (Å²) in [4.78, 5) is 0. The highest BCUT2D eigenvalue weighted by Crippen LogP contribution is 2.28. The van der Waals surface area contributed by atoms with Crippen molar-refractivity contribution in [2.45, 2.75) is 19.8 Å². The van der Waals surface area contributed by atoms with Crippen molar-refractivity contribution in [2.75, 3.05) is 0 Å². The number of benzene rings is 2. The second kappa shape index (κ2) is 5.00. The van der Waals surface area contributed by atoms with Gasteiger partial charge in [-0.25, -0.2) is 0 Å². The van der Waals surface area contributed by atoms with Crippen LogP contribution in [0.1, 0.15) is 30.9 Å². The lowest BCUT2D eigenvalue weighted by Gasteiger charge is -2.11. The van der Waals surface area contributed by atoms with Gasteiger partial charge in [-0.3, -0.25) is 0 Å². The van der Waals surface area contributed by atoms with Gasteiger partial charge in [0, 0.05) is 0 Å². The molecule has 0 unspecified atom stereocenters. The molecule has 2 rings (SSSR count). The van der Waals surface area contributed by atoms with E-state index in [0.29, 0.717) is 5.92 Å². The van der Waals surface area contributed by atoms with E-state index in [0.717, 1.165) is 0 Å². The van der Waals surface area contributed by atoms with Crippen LogP contribution in [0.15, 0.2) is 40.5 Å². The molecule has 0 aliphatic heterocycles. The lowest BCUT2D eigenvalue weighted by Crippen LogP contribution is -1.90. The third kappa shape index (κ3) is 2.14. The number of hydrogen-bond acceptors (Lipinski definition) is 0. The van der Waals surface area contributed by atoms with Crippen molar-refractivity contribution in [3.8, 4) is 0 Å². The molecule has 0 aliphatic rings. The minimum atomic E-state index is 0.572. The summed E-state index contributed by atoms with van der Waals surface area (Å²) < 4.78 is 2.06. The van der Waals surface area contributed by atoms with Gasteiger partial charge in [-0.1, -0.05) is 72.8 Å². The fourth-order valence-corrected chi connectivity index (χ4v) is 2.45. The molecule has 2 aromatic carbocycles. The minimum absolute atomic E-state index is 0.572. The van der Waals surface area contributed by atoms with E-state index in [9.17, 15) is 0 Å². The lowest BCUT2D eigenvalue weighted by atomic mass is 9.93. The molecule has 2 aromatic rings. The van der Waals surface area contributed by atoms with Crippen LogP contribution in [0.25, 0.3) is 16.8 Å². The second-order valence-electron chi connectivity index (χ2n) is 4.24. The van der Waals surface area contributed by atoms with Crippen LogP contribution in [0, 0.1) is 0 Å². The Hall–Kier alpha value is -0.830. The van der Waals surface area contributed by atoms with Crippen molar-refractivity contribution in [2.24, 2.45) is 0 Å². The van der Waals surface area contributed by atoms with Crippen LogP contribution in [0.5, 0.6) is 0 Å². The third-order valence-electron chi connectivity index (χ3n) is 2.86. The molecular formula is C15H15I. The summed E-state index contributed by atoms with van der Waals surface area (Å²) in [6.45, 7) is 4.49. The molecule has 0 fully saturated rings. The van der Waals surface area contributed by atoms with Gasteiger partial charge >= 0.3 is 0 Å². The summed E-state index contributed by atoms with van der Waals surface area (Å²) in [7, 11) is 0. The van der Waals surface area contributed by atoms with Crippen molar-refractivity contribution >= 4 is 39.4 Å². The van der Waals surface area contributed by atoms with E-state index in [1.165, 1.54) is 21.9 Å². The predicted molar refractivity (Wildman–Crippen MR) is 81.1 cm³/mol. The van der Waals surface area contributed by atoms with Crippen LogP contribution in [0.2, 0.25) is 0 Å². The van der Waals surface area contributed by atoms with Gasteiger partial charge in [0.1, 0.15) is 0 Å². The van der Waals surface area contributed by atoms with Gasteiger partial charge in [-0.05, 0) is 38.0 Å². The summed E-state index contributed by atoms with van der Waals surface area (Å²) in [5.41, 5.74) is 2.73. The monoisotopic (exact) mass is 322 g/mol. The molecule has 0 saturated carbocycles. The summed E-state index contributed by atoms with van der Waals surface area (Å²) in [6, 6.07) is 13.1. The molecule has 0 aromatic heterocycles. The standard InChI is InChI=1S/C15H15I/c1-11(2)13-8-7-12(9-10-16)14-5-3-4-6-15(13)14/h3-11H,1-2H3/b10-9+. The van der Waals surface area contributed by atoms with Gasteiger partial charge in [0.2, 0.25) is 0 Å². The summed E-state index contributed by atoms with van der Waals surface area (Å²) in [5, 5.41) is 2.73. The van der Waals surface area contributed by atoms with E-state index in [1.54, 1.807) is 0 Å². The predicted octanol–water partition coefficient (Wildman–Crippen LogP) is 5.37. The highest BCUT2D eigenvalue weighted by Gasteiger charge is 2.06. The Morgan fingerprint density at radius 1 is 1.00 bits per heavy atom. The molecular weight excluding hydrogens is 307 g/mol. The quantitative estimate of drug-likeness (QED) is 0.652. The molecule has 0 saturated heterocycles. The molecule has 0 bridgehead atoms. The Bertz CT molecular complexity index is 524. The maximum absolute atomic E-state index is 2.27. The van der Waals surface area contributed by atoms with Crippen molar-refractivity contribution < 1.29 is 0 Å². The Morgan fingerprint density at radius 3 is 2.31 bits per heavy atom. The van der Waals surface area contributed by atoms with Crippen molar-refractivity contribution in [1.29, 1.82) is 0 Å². The topological polar surface area (TPSA) is 0 Å². The first-order valence-electron chi connectivity index (χ1n) is 5.52. The van der Waals surface area contributed by atoms with Gasteiger partial charge in [0.25, 0.3) is 0 Å². The van der Waals surface area contributed by atoms with Crippen molar-refractivity contribution in [3.05, 3.63) is 51.6 Å². The molecule has 16 heavy (non-hydrogen) atoms. The Balaban J connectivity index is 2.77. The molecule has 1 heteroatoms. The molecule has 82 valence electrons. The molecule has 0 aliphatic carbocycles. The van der Waals surface area contributed by atoms with Gasteiger partial charge in [-0.2, -0.15) is 0 Å². The first-order chi connectivity index (χ1) is 7.74. The van der Waals surface area contributed by atoms with Gasteiger partial charge < -0.3 is 0 Å². The average Bonchev–Trinajstić information content (AvgIpc) is 2.29. The van der Waals surface area contributed by atoms with E-state index >= 15 is 0 Å². The highest BCUT2D eigenvalue weighted by molar-refractivity contribution is 14.1. The Morgan fingerprint density at radius 2 is 1.69 bits per heavy atom. The van der Waals surface area contributed by atoms with E-state index in [-0.39, 0.29) is 0 Å². The second-order valence-corrected chi connectivity index (χ2v) is 4.96. The van der Waals surface area contributed by atoms with Crippen LogP contribution in [0.3, 0.4) is 0 Å². The van der Waals surface area contributed by atoms with Crippen LogP contribution < -0.4 is 0 Å². The zero-order chi connectivity index (χ0) is 11.5. The Kier molecular flexibility index (Phi) is 3.64. The summed E-state index contributed by atoms with van der Waals surface area (Å²) in [5.74, 6) is 0.572. The Labute approximate surface area is 111 Å². The highest BCUT2D eigenvalue weighted by atomic mass is 127. The van der Waals surface area contributed by atoms with Crippen molar-refractivity contribution in [1.82, 2.24) is 0 Å². The zero-order valence-corrected chi connectivity index (χ0v) is 11.7. The first-order valence-corrected chi connectivity index (χ1v) is 6.77. The zero-order valence-electron chi connectivity index (χ0n) is 9.57. The number of fused-ring (bicyclic) bond motifs is 1. The van der Waals surface area contributed by atoms with Crippen LogP contribution in [-0.4, -0.2) is 0 Å². The fourth-order valence-electron chi connectivity index (χ4n) is 2.06. The summed E-state index contributed by atoms with van der Waals surface area (Å²) >= 11 is 2.27. The summed E-state index contributed by atoms with van der Waals surface area (Å²) in [6.07, 6.45) is 2.16. The van der Waals surface area contributed by atoms with E-state index in [1.807, 2.05) is 0 Å². The maximum atomic E-state index is 2.27. The van der Waals surface area contributed by atoms with Crippen molar-refractivity contribution in [3.63, 3.8) is 0 Å². The molecule has 0 N–H and O–H groups in total. The molecule has 0 radical (unpaired) electrons. The number of hydrogen-bond donors (Lipinski definition) is 0. The largest absolute Gasteiger partial charge is 0.0616 e. The molecule has 0 heterocycles. The first kappa shape index (κ1) is 11.6. The SMILES string of the molecule is CC(C)c1ccc(/C=C/I)c2ccccc12. The van der Waals surface area contributed by atoms with Crippen LogP contribution in [-0.2, 0) is 0 Å². The minimum Gasteiger partial charge on any atom is -0.0616 e. The van der Waals surface area contributed by atoms with E-state index in [4.69, 9.17) is 0 Å². The maximum Gasteiger partial charge on any atom is -0.0108 e. The number of halogens is 1. The molecule has 0 nitrogen and oxygen atoms in total. The van der Waals surface area contributed by atoms with Gasteiger partial charge in [0.05, 0.1) is 0 Å². The van der Waals surface area contributed by atoms with Gasteiger partial charge in [0.15, 0.2) is 0 Å². The van der Waals surface area contributed by atoms with Crippen LogP contribution >= 0.6 is 22.6 Å². The average molecular weight is 322 g/mol. The number of rotatable bonds is 2. The molecule has 0 amide bonds. The van der Waals surface area contributed by atoms with E-state index in [2.05, 4.69) is 83.0 Å². The molecule has 0 atom stereocenters. The lowest BCUT2D eigenvalue weighted by molar-refractivity contribution is 0.876. The van der Waals surface area contributed by atoms with E-state index < -0.39 is 0 Å². The fraction of sp³-hybridized carbons (Fsp3) is 0.200. The van der Waals surface area contributed by atoms with Gasteiger partial charge in [-0.15, -0.1) is 0 Å². The smallest absolute Gasteiger partial charge is 0.0108 e.